The molecule has 1 aromatic heterocycles. The summed E-state index contributed by atoms with van der Waals surface area (Å²) in [7, 11) is 1.49. The van der Waals surface area contributed by atoms with Gasteiger partial charge in [0.15, 0.2) is 0 Å². The number of carbonyl (C=O) groups is 1. The van der Waals surface area contributed by atoms with Gasteiger partial charge in [0.2, 0.25) is 0 Å². The van der Waals surface area contributed by atoms with E-state index in [2.05, 4.69) is 9.97 Å². The number of ether oxygens (including phenoxy) is 1. The lowest BCUT2D eigenvalue weighted by Crippen LogP contribution is -2.51. The lowest BCUT2D eigenvalue weighted by Gasteiger charge is -2.38. The SMILES string of the molecule is COc1ncc(C(=O)N2CCCC[C@@H]2[C@@H](C)N)cn1. The van der Waals surface area contributed by atoms with E-state index in [0.717, 1.165) is 25.8 Å². The third kappa shape index (κ3) is 3.01. The predicted molar refractivity (Wildman–Crippen MR) is 70.9 cm³/mol. The Kier molecular flexibility index (Phi) is 4.31. The smallest absolute Gasteiger partial charge is 0.316 e. The quantitative estimate of drug-likeness (QED) is 0.874. The van der Waals surface area contributed by atoms with Crippen molar-refractivity contribution in [2.75, 3.05) is 13.7 Å². The first-order valence-electron chi connectivity index (χ1n) is 6.56. The Morgan fingerprint density at radius 3 is 2.74 bits per heavy atom. The topological polar surface area (TPSA) is 81.3 Å². The van der Waals surface area contributed by atoms with Crippen molar-refractivity contribution in [1.82, 2.24) is 14.9 Å². The minimum atomic E-state index is -0.0512. The van der Waals surface area contributed by atoms with Gasteiger partial charge in [-0.25, -0.2) is 9.97 Å². The van der Waals surface area contributed by atoms with Crippen LogP contribution in [0, 0.1) is 0 Å². The number of likely N-dealkylation sites (tertiary alicyclic amines) is 1. The molecule has 6 nitrogen and oxygen atoms in total. The van der Waals surface area contributed by atoms with Gasteiger partial charge in [-0.1, -0.05) is 0 Å². The molecule has 1 aliphatic heterocycles. The van der Waals surface area contributed by atoms with E-state index in [1.54, 1.807) is 0 Å². The summed E-state index contributed by atoms with van der Waals surface area (Å²) in [5.41, 5.74) is 6.45. The zero-order valence-electron chi connectivity index (χ0n) is 11.4. The fourth-order valence-corrected chi connectivity index (χ4v) is 2.45. The van der Waals surface area contributed by atoms with Crippen molar-refractivity contribution >= 4 is 5.91 Å². The van der Waals surface area contributed by atoms with Gasteiger partial charge in [0.1, 0.15) is 0 Å². The number of nitrogens with zero attached hydrogens (tertiary/aromatic N) is 3. The molecular formula is C13H20N4O2. The summed E-state index contributed by atoms with van der Waals surface area (Å²) in [6, 6.07) is 0.339. The second-order valence-corrected chi connectivity index (χ2v) is 4.88. The Balaban J connectivity index is 2.16. The van der Waals surface area contributed by atoms with Gasteiger partial charge in [0, 0.05) is 31.0 Å². The molecule has 2 heterocycles. The second-order valence-electron chi connectivity index (χ2n) is 4.88. The molecule has 2 atom stereocenters. The molecule has 104 valence electrons. The van der Waals surface area contributed by atoms with Gasteiger partial charge in [-0.3, -0.25) is 4.79 Å². The average Bonchev–Trinajstić information content (AvgIpc) is 2.46. The standard InChI is InChI=1S/C13H20N4O2/c1-9(14)11-5-3-4-6-17(11)12(18)10-7-15-13(19-2)16-8-10/h7-9,11H,3-6,14H2,1-2H3/t9-,11-/m1/s1. The molecule has 0 unspecified atom stereocenters. The van der Waals surface area contributed by atoms with E-state index in [9.17, 15) is 4.79 Å². The highest BCUT2D eigenvalue weighted by Gasteiger charge is 2.30. The lowest BCUT2D eigenvalue weighted by atomic mass is 9.96. The zero-order chi connectivity index (χ0) is 13.8. The van der Waals surface area contributed by atoms with E-state index >= 15 is 0 Å². The molecule has 1 fully saturated rings. The summed E-state index contributed by atoms with van der Waals surface area (Å²) in [5, 5.41) is 0. The Morgan fingerprint density at radius 2 is 2.16 bits per heavy atom. The lowest BCUT2D eigenvalue weighted by molar-refractivity contribution is 0.0582. The minimum absolute atomic E-state index is 0.0246. The number of hydrogen-bond donors (Lipinski definition) is 1. The first kappa shape index (κ1) is 13.7. The third-order valence-electron chi connectivity index (χ3n) is 3.47. The predicted octanol–water partition coefficient (Wildman–Crippen LogP) is 0.827. The molecule has 19 heavy (non-hydrogen) atoms. The van der Waals surface area contributed by atoms with Gasteiger partial charge in [0.05, 0.1) is 12.7 Å². The van der Waals surface area contributed by atoms with Crippen LogP contribution in [0.4, 0.5) is 0 Å². The van der Waals surface area contributed by atoms with Crippen molar-refractivity contribution in [2.45, 2.75) is 38.3 Å². The van der Waals surface area contributed by atoms with Gasteiger partial charge >= 0.3 is 6.01 Å². The first-order chi connectivity index (χ1) is 9.13. The van der Waals surface area contributed by atoms with Gasteiger partial charge < -0.3 is 15.4 Å². The highest BCUT2D eigenvalue weighted by atomic mass is 16.5. The normalized spacial score (nSPS) is 21.0. The summed E-state index contributed by atoms with van der Waals surface area (Å²) in [6.07, 6.45) is 6.10. The Labute approximate surface area is 113 Å². The van der Waals surface area contributed by atoms with Crippen LogP contribution in [-0.2, 0) is 0 Å². The summed E-state index contributed by atoms with van der Waals surface area (Å²) >= 11 is 0. The number of aromatic nitrogens is 2. The number of hydrogen-bond acceptors (Lipinski definition) is 5. The van der Waals surface area contributed by atoms with Crippen LogP contribution in [0.2, 0.25) is 0 Å². The molecule has 0 bridgehead atoms. The van der Waals surface area contributed by atoms with Crippen LogP contribution in [0.5, 0.6) is 6.01 Å². The fourth-order valence-electron chi connectivity index (χ4n) is 2.45. The van der Waals surface area contributed by atoms with Crippen molar-refractivity contribution < 1.29 is 9.53 Å². The van der Waals surface area contributed by atoms with Crippen molar-refractivity contribution in [3.63, 3.8) is 0 Å². The number of nitrogens with two attached hydrogens (primary N) is 1. The molecule has 2 N–H and O–H groups in total. The van der Waals surface area contributed by atoms with Gasteiger partial charge in [-0.15, -0.1) is 0 Å². The summed E-state index contributed by atoms with van der Waals surface area (Å²) in [5.74, 6) is -0.0512. The molecule has 1 amide bonds. The maximum Gasteiger partial charge on any atom is 0.316 e. The molecule has 6 heteroatoms. The third-order valence-corrected chi connectivity index (χ3v) is 3.47. The average molecular weight is 264 g/mol. The molecular weight excluding hydrogens is 244 g/mol. The molecule has 1 aliphatic rings. The van der Waals surface area contributed by atoms with Crippen molar-refractivity contribution in [1.29, 1.82) is 0 Å². The van der Waals surface area contributed by atoms with E-state index in [-0.39, 0.29) is 24.0 Å². The summed E-state index contributed by atoms with van der Waals surface area (Å²) in [6.45, 7) is 2.69. The number of rotatable bonds is 3. The highest BCUT2D eigenvalue weighted by Crippen LogP contribution is 2.21. The molecule has 0 saturated carbocycles. The summed E-state index contributed by atoms with van der Waals surface area (Å²) < 4.78 is 4.89. The van der Waals surface area contributed by atoms with Gasteiger partial charge in [-0.2, -0.15) is 0 Å². The van der Waals surface area contributed by atoms with Crippen LogP contribution in [0.15, 0.2) is 12.4 Å². The van der Waals surface area contributed by atoms with Crippen molar-refractivity contribution in [2.24, 2.45) is 5.73 Å². The van der Waals surface area contributed by atoms with Crippen LogP contribution in [0.25, 0.3) is 0 Å². The van der Waals surface area contributed by atoms with Gasteiger partial charge in [0.25, 0.3) is 5.91 Å². The van der Waals surface area contributed by atoms with E-state index < -0.39 is 0 Å². The highest BCUT2D eigenvalue weighted by molar-refractivity contribution is 5.94. The molecule has 1 aromatic rings. The molecule has 2 rings (SSSR count). The molecule has 0 spiro atoms. The number of carbonyl (C=O) groups excluding carboxylic acids is 1. The van der Waals surface area contributed by atoms with Crippen LogP contribution >= 0.6 is 0 Å². The minimum Gasteiger partial charge on any atom is -0.467 e. The Bertz CT molecular complexity index is 433. The van der Waals surface area contributed by atoms with E-state index in [0.29, 0.717) is 5.56 Å². The Hall–Kier alpha value is -1.69. The van der Waals surface area contributed by atoms with Crippen LogP contribution in [0.3, 0.4) is 0 Å². The monoisotopic (exact) mass is 264 g/mol. The molecule has 0 aliphatic carbocycles. The zero-order valence-corrected chi connectivity index (χ0v) is 11.4. The first-order valence-corrected chi connectivity index (χ1v) is 6.56. The van der Waals surface area contributed by atoms with Crippen LogP contribution in [-0.4, -0.2) is 46.5 Å². The summed E-state index contributed by atoms with van der Waals surface area (Å²) in [4.78, 5) is 22.3. The van der Waals surface area contributed by atoms with E-state index in [1.807, 2.05) is 11.8 Å². The molecule has 0 aromatic carbocycles. The maximum atomic E-state index is 12.5. The van der Waals surface area contributed by atoms with Gasteiger partial charge in [-0.05, 0) is 26.2 Å². The number of methoxy groups -OCH3 is 1. The van der Waals surface area contributed by atoms with Crippen LogP contribution < -0.4 is 10.5 Å². The fraction of sp³-hybridized carbons (Fsp3) is 0.615. The van der Waals surface area contributed by atoms with Crippen molar-refractivity contribution in [3.8, 4) is 6.01 Å². The molecule has 0 radical (unpaired) electrons. The van der Waals surface area contributed by atoms with Crippen LogP contribution in [0.1, 0.15) is 36.5 Å². The van der Waals surface area contributed by atoms with Crippen molar-refractivity contribution in [3.05, 3.63) is 18.0 Å². The van der Waals surface area contributed by atoms with E-state index in [4.69, 9.17) is 10.5 Å². The maximum absolute atomic E-state index is 12.5. The van der Waals surface area contributed by atoms with E-state index in [1.165, 1.54) is 19.5 Å². The second kappa shape index (κ2) is 5.97. The number of amides is 1. The largest absolute Gasteiger partial charge is 0.467 e. The Morgan fingerprint density at radius 1 is 1.47 bits per heavy atom. The number of piperidine rings is 1. The molecule has 1 saturated heterocycles.